The van der Waals surface area contributed by atoms with Crippen LogP contribution in [0.15, 0.2) is 30.5 Å². The molecule has 0 spiro atoms. The smallest absolute Gasteiger partial charge is 0.384 e. The lowest BCUT2D eigenvalue weighted by atomic mass is 10.1. The van der Waals surface area contributed by atoms with Crippen molar-refractivity contribution < 1.29 is 32.6 Å². The van der Waals surface area contributed by atoms with Gasteiger partial charge in [0.25, 0.3) is 0 Å². The van der Waals surface area contributed by atoms with Crippen LogP contribution in [0.2, 0.25) is 5.02 Å². The van der Waals surface area contributed by atoms with Crippen LogP contribution in [0.5, 0.6) is 0 Å². The van der Waals surface area contributed by atoms with Gasteiger partial charge in [0.05, 0.1) is 11.6 Å². The number of likely N-dealkylation sites (N-methyl/N-ethyl adjacent to an activating group) is 1. The molecule has 2 atom stereocenters. The zero-order chi connectivity index (χ0) is 22.4. The first-order valence-corrected chi connectivity index (χ1v) is 12.7. The Morgan fingerprint density at radius 2 is 1.90 bits per heavy atom. The Bertz CT molecular complexity index is 939. The lowest BCUT2D eigenvalue weighted by molar-refractivity contribution is 0.0919. The third-order valence-corrected chi connectivity index (χ3v) is 6.81. The third-order valence-electron chi connectivity index (χ3n) is 4.33. The van der Waals surface area contributed by atoms with Crippen LogP contribution in [-0.2, 0) is 18.0 Å². The summed E-state index contributed by atoms with van der Waals surface area (Å²) in [4.78, 5) is 33.6. The molecule has 2 aromatic rings. The summed E-state index contributed by atoms with van der Waals surface area (Å²) in [6.45, 7) is 5.86. The lowest BCUT2D eigenvalue weighted by Crippen LogP contribution is -2.34. The Balaban J connectivity index is 2.09. The largest absolute Gasteiger partial charge is 0.481 e. The number of pyridine rings is 1. The SMILES string of the molecule is CCN(CC)CC(CCNc1ccnc2cc(Cl)ccc12)OP(=O)(O)OP(=O)(O)O. The molecule has 1 aromatic carbocycles. The zero-order valence-corrected chi connectivity index (χ0v) is 19.2. The van der Waals surface area contributed by atoms with Gasteiger partial charge in [0.2, 0.25) is 0 Å². The standard InChI is InChI=1S/C17H26ClN3O7P2/c1-3-21(4-2)12-14(27-30(25,26)28-29(22,23)24)7-9-19-16-8-10-20-17-11-13(18)5-6-15(16)17/h5-6,8,10-11,14H,3-4,7,9,12H2,1-2H3,(H,19,20)(H,25,26)(H2,22,23,24). The average Bonchev–Trinajstić information content (AvgIpc) is 2.63. The Labute approximate surface area is 180 Å². The van der Waals surface area contributed by atoms with Crippen molar-refractivity contribution >= 4 is 43.8 Å². The van der Waals surface area contributed by atoms with Gasteiger partial charge in [-0.25, -0.2) is 9.13 Å². The molecule has 2 rings (SSSR count). The van der Waals surface area contributed by atoms with Crippen LogP contribution >= 0.6 is 27.2 Å². The molecule has 0 radical (unpaired) electrons. The van der Waals surface area contributed by atoms with E-state index >= 15 is 0 Å². The minimum absolute atomic E-state index is 0.281. The van der Waals surface area contributed by atoms with Crippen molar-refractivity contribution in [2.24, 2.45) is 0 Å². The Kier molecular flexibility index (Phi) is 9.24. The number of nitrogens with zero attached hydrogens (tertiary/aromatic N) is 2. The Morgan fingerprint density at radius 1 is 1.20 bits per heavy atom. The number of anilines is 1. The molecule has 0 fully saturated rings. The molecule has 0 aliphatic carbocycles. The fourth-order valence-electron chi connectivity index (χ4n) is 2.93. The Morgan fingerprint density at radius 3 is 2.53 bits per heavy atom. The minimum Gasteiger partial charge on any atom is -0.384 e. The van der Waals surface area contributed by atoms with Gasteiger partial charge in [-0.1, -0.05) is 25.4 Å². The molecule has 30 heavy (non-hydrogen) atoms. The number of hydrogen-bond acceptors (Lipinski definition) is 7. The topological polar surface area (TPSA) is 141 Å². The van der Waals surface area contributed by atoms with Crippen LogP contribution < -0.4 is 5.32 Å². The lowest BCUT2D eigenvalue weighted by Gasteiger charge is -2.27. The molecule has 0 aliphatic heterocycles. The quantitative estimate of drug-likeness (QED) is 0.332. The fourth-order valence-corrected chi connectivity index (χ4v) is 4.88. The molecule has 1 heterocycles. The number of fused-ring (bicyclic) bond motifs is 1. The van der Waals surface area contributed by atoms with E-state index in [0.29, 0.717) is 24.7 Å². The van der Waals surface area contributed by atoms with Gasteiger partial charge < -0.3 is 24.9 Å². The molecule has 0 aliphatic rings. The number of aromatic nitrogens is 1. The van der Waals surface area contributed by atoms with Gasteiger partial charge in [0.15, 0.2) is 0 Å². The first-order valence-electron chi connectivity index (χ1n) is 9.31. The van der Waals surface area contributed by atoms with E-state index in [1.165, 1.54) is 0 Å². The van der Waals surface area contributed by atoms with E-state index in [9.17, 15) is 14.0 Å². The average molecular weight is 482 g/mol. The summed E-state index contributed by atoms with van der Waals surface area (Å²) in [6, 6.07) is 7.14. The molecular weight excluding hydrogens is 456 g/mol. The summed E-state index contributed by atoms with van der Waals surface area (Å²) in [5, 5.41) is 4.67. The number of phosphoric acid groups is 2. The minimum atomic E-state index is -5.18. The van der Waals surface area contributed by atoms with Crippen LogP contribution in [0.1, 0.15) is 20.3 Å². The van der Waals surface area contributed by atoms with Crippen molar-refractivity contribution in [3.63, 3.8) is 0 Å². The summed E-state index contributed by atoms with van der Waals surface area (Å²) in [6.07, 6.45) is 1.12. The third kappa shape index (κ3) is 8.23. The molecule has 4 N–H and O–H groups in total. The van der Waals surface area contributed by atoms with Gasteiger partial charge in [-0.2, -0.15) is 4.31 Å². The van der Waals surface area contributed by atoms with E-state index in [-0.39, 0.29) is 13.0 Å². The number of nitrogens with one attached hydrogen (secondary N) is 1. The first kappa shape index (κ1) is 25.2. The summed E-state index contributed by atoms with van der Waals surface area (Å²) >= 11 is 6.00. The maximum Gasteiger partial charge on any atom is 0.481 e. The number of phosphoric ester groups is 1. The monoisotopic (exact) mass is 481 g/mol. The van der Waals surface area contributed by atoms with Gasteiger partial charge in [-0.05, 0) is 43.8 Å². The predicted molar refractivity (Wildman–Crippen MR) is 115 cm³/mol. The van der Waals surface area contributed by atoms with Gasteiger partial charge in [-0.15, -0.1) is 0 Å². The molecule has 0 saturated heterocycles. The number of hydrogen-bond donors (Lipinski definition) is 4. The normalized spacial score (nSPS) is 15.3. The molecular formula is C17H26ClN3O7P2. The van der Waals surface area contributed by atoms with Crippen LogP contribution in [0, 0.1) is 0 Å². The van der Waals surface area contributed by atoms with Gasteiger partial charge in [0, 0.05) is 35.4 Å². The van der Waals surface area contributed by atoms with Crippen molar-refractivity contribution in [2.45, 2.75) is 26.4 Å². The number of rotatable bonds is 12. The van der Waals surface area contributed by atoms with E-state index in [1.54, 1.807) is 24.4 Å². The molecule has 0 amide bonds. The second-order valence-electron chi connectivity index (χ2n) is 6.49. The molecule has 0 saturated carbocycles. The first-order chi connectivity index (χ1) is 14.0. The van der Waals surface area contributed by atoms with Crippen LogP contribution in [0.25, 0.3) is 10.9 Å². The summed E-state index contributed by atoms with van der Waals surface area (Å²) in [5.74, 6) is 0. The van der Waals surface area contributed by atoms with Crippen molar-refractivity contribution in [1.29, 1.82) is 0 Å². The zero-order valence-electron chi connectivity index (χ0n) is 16.6. The van der Waals surface area contributed by atoms with Crippen molar-refractivity contribution in [3.05, 3.63) is 35.5 Å². The summed E-state index contributed by atoms with van der Waals surface area (Å²) in [5.41, 5.74) is 1.52. The second-order valence-corrected chi connectivity index (χ2v) is 9.71. The van der Waals surface area contributed by atoms with Crippen molar-refractivity contribution in [2.75, 3.05) is 31.5 Å². The van der Waals surface area contributed by atoms with Crippen molar-refractivity contribution in [1.82, 2.24) is 9.88 Å². The number of benzene rings is 1. The predicted octanol–water partition coefficient (Wildman–Crippen LogP) is 3.63. The van der Waals surface area contributed by atoms with E-state index in [1.807, 2.05) is 24.8 Å². The van der Waals surface area contributed by atoms with Gasteiger partial charge >= 0.3 is 15.6 Å². The van der Waals surface area contributed by atoms with Crippen LogP contribution in [0.3, 0.4) is 0 Å². The summed E-state index contributed by atoms with van der Waals surface area (Å²) in [7, 11) is -10.1. The highest BCUT2D eigenvalue weighted by Gasteiger charge is 2.35. The van der Waals surface area contributed by atoms with E-state index in [4.69, 9.17) is 25.9 Å². The van der Waals surface area contributed by atoms with E-state index < -0.39 is 21.7 Å². The molecule has 168 valence electrons. The maximum atomic E-state index is 12.0. The Hall–Kier alpha value is -1.06. The maximum absolute atomic E-state index is 12.0. The second kappa shape index (κ2) is 11.0. The molecule has 10 nitrogen and oxygen atoms in total. The van der Waals surface area contributed by atoms with Crippen molar-refractivity contribution in [3.8, 4) is 0 Å². The highest BCUT2D eigenvalue weighted by Crippen LogP contribution is 2.58. The molecule has 13 heteroatoms. The number of halogens is 1. The molecule has 2 unspecified atom stereocenters. The van der Waals surface area contributed by atoms with Crippen LogP contribution in [-0.4, -0.2) is 56.8 Å². The van der Waals surface area contributed by atoms with E-state index in [0.717, 1.165) is 16.6 Å². The highest BCUT2D eigenvalue weighted by molar-refractivity contribution is 7.60. The van der Waals surface area contributed by atoms with Gasteiger partial charge in [0.1, 0.15) is 0 Å². The fraction of sp³-hybridized carbons (Fsp3) is 0.471. The molecule has 1 aromatic heterocycles. The van der Waals surface area contributed by atoms with Crippen LogP contribution in [0.4, 0.5) is 5.69 Å². The van der Waals surface area contributed by atoms with Gasteiger partial charge in [-0.3, -0.25) is 9.51 Å². The van der Waals surface area contributed by atoms with E-state index in [2.05, 4.69) is 14.6 Å². The molecule has 0 bridgehead atoms. The summed E-state index contributed by atoms with van der Waals surface area (Å²) < 4.78 is 31.9. The highest BCUT2D eigenvalue weighted by atomic mass is 35.5.